The van der Waals surface area contributed by atoms with Crippen molar-refractivity contribution in [1.82, 2.24) is 9.99 Å². The Balaban J connectivity index is 1.17. The molecule has 2 N–H and O–H groups in total. The number of hydrogen-bond acceptors (Lipinski definition) is 9. The van der Waals surface area contributed by atoms with Crippen molar-refractivity contribution in [3.8, 4) is 11.5 Å². The van der Waals surface area contributed by atoms with Crippen LogP contribution in [0.25, 0.3) is 0 Å². The lowest BCUT2D eigenvalue weighted by Gasteiger charge is -2.50. The number of aliphatic hydroxyl groups is 1. The molecule has 2 aromatic carbocycles. The van der Waals surface area contributed by atoms with E-state index < -0.39 is 36.7 Å². The van der Waals surface area contributed by atoms with E-state index in [0.717, 1.165) is 23.2 Å². The van der Waals surface area contributed by atoms with Crippen LogP contribution < -0.4 is 14.3 Å². The van der Waals surface area contributed by atoms with Gasteiger partial charge in [0, 0.05) is 38.2 Å². The highest BCUT2D eigenvalue weighted by Crippen LogP contribution is 2.66. The maximum atomic E-state index is 14.1. The average Bonchev–Trinajstić information content (AvgIpc) is 3.69. The largest absolute Gasteiger partial charge is 0.477 e. The number of nitrogens with zero attached hydrogens (tertiary/aromatic N) is 1. The van der Waals surface area contributed by atoms with E-state index in [1.807, 2.05) is 36.4 Å². The van der Waals surface area contributed by atoms with Crippen LogP contribution in [0.5, 0.6) is 11.5 Å². The SMILES string of the molecule is COCP(=O)(N[C@@H](C)C(=O)OCc1ccccc1)Oc1ccc2c3c1O[C@H]1C(=O)CCC4(O)[C@@H](C2)N(CC2CC2)CC314. The summed E-state index contributed by atoms with van der Waals surface area (Å²) in [7, 11) is -2.42. The van der Waals surface area contributed by atoms with Crippen molar-refractivity contribution in [2.45, 2.75) is 74.8 Å². The number of esters is 1. The third-order valence-electron chi connectivity index (χ3n) is 9.71. The van der Waals surface area contributed by atoms with Gasteiger partial charge in [0.1, 0.15) is 19.0 Å². The van der Waals surface area contributed by atoms with E-state index in [1.54, 1.807) is 13.0 Å². The molecule has 6 atom stereocenters. The molecule has 2 aromatic rings. The quantitative estimate of drug-likeness (QED) is 0.295. The number of carbonyl (C=O) groups excluding carboxylic acids is 2. The summed E-state index contributed by atoms with van der Waals surface area (Å²) < 4.78 is 37.3. The Morgan fingerprint density at radius 3 is 2.76 bits per heavy atom. The summed E-state index contributed by atoms with van der Waals surface area (Å²) in [5.74, 6) is 0.573. The van der Waals surface area contributed by atoms with Gasteiger partial charge in [-0.05, 0) is 55.7 Å². The van der Waals surface area contributed by atoms with Gasteiger partial charge >= 0.3 is 13.5 Å². The molecule has 3 fully saturated rings. The Hall–Kier alpha value is -2.75. The number of methoxy groups -OCH3 is 1. The second-order valence-corrected chi connectivity index (χ2v) is 14.6. The molecule has 3 aliphatic carbocycles. The molecule has 0 aromatic heterocycles. The minimum Gasteiger partial charge on any atom is -0.477 e. The van der Waals surface area contributed by atoms with E-state index in [1.165, 1.54) is 20.0 Å². The normalized spacial score (nSPS) is 31.2. The van der Waals surface area contributed by atoms with Crippen LogP contribution >= 0.6 is 7.52 Å². The van der Waals surface area contributed by atoms with Crippen molar-refractivity contribution in [3.63, 3.8) is 0 Å². The summed E-state index contributed by atoms with van der Waals surface area (Å²) in [5, 5.41) is 15.1. The molecule has 1 saturated heterocycles. The fraction of sp³-hybridized carbons (Fsp3) is 0.548. The van der Waals surface area contributed by atoms with Gasteiger partial charge < -0.3 is 23.8 Å². The highest BCUT2D eigenvalue weighted by molar-refractivity contribution is 7.57. The number of likely N-dealkylation sites (tertiary alicyclic amines) is 1. The zero-order valence-corrected chi connectivity index (χ0v) is 24.8. The average molecular weight is 597 g/mol. The second-order valence-electron chi connectivity index (χ2n) is 12.5. The summed E-state index contributed by atoms with van der Waals surface area (Å²) in [6.07, 6.45) is 2.55. The maximum Gasteiger partial charge on any atom is 0.342 e. The molecule has 42 heavy (non-hydrogen) atoms. The Morgan fingerprint density at radius 1 is 1.24 bits per heavy atom. The molecule has 5 aliphatic rings. The van der Waals surface area contributed by atoms with Crippen LogP contribution in [0.2, 0.25) is 0 Å². The molecule has 11 heteroatoms. The van der Waals surface area contributed by atoms with Gasteiger partial charge in [-0.25, -0.2) is 5.09 Å². The topological polar surface area (TPSA) is 124 Å². The van der Waals surface area contributed by atoms with Gasteiger partial charge in [0.2, 0.25) is 0 Å². The van der Waals surface area contributed by atoms with Crippen molar-refractivity contribution >= 4 is 19.3 Å². The molecular formula is C31H37N2O8P. The van der Waals surface area contributed by atoms with Crippen LogP contribution in [0.15, 0.2) is 42.5 Å². The van der Waals surface area contributed by atoms with Crippen LogP contribution in [0.3, 0.4) is 0 Å². The highest BCUT2D eigenvalue weighted by Gasteiger charge is 2.76. The minimum atomic E-state index is -3.82. The number of carbonyl (C=O) groups is 2. The lowest BCUT2D eigenvalue weighted by molar-refractivity contribution is -0.147. The molecule has 2 aliphatic heterocycles. The van der Waals surface area contributed by atoms with Crippen LogP contribution in [-0.2, 0) is 42.1 Å². The fourth-order valence-corrected chi connectivity index (χ4v) is 9.38. The molecule has 3 unspecified atom stereocenters. The van der Waals surface area contributed by atoms with E-state index in [9.17, 15) is 19.3 Å². The number of nitrogens with one attached hydrogen (secondary N) is 1. The van der Waals surface area contributed by atoms with E-state index in [0.29, 0.717) is 31.1 Å². The molecule has 0 amide bonds. The van der Waals surface area contributed by atoms with Crippen LogP contribution in [0, 0.1) is 5.92 Å². The van der Waals surface area contributed by atoms with Gasteiger partial charge in [-0.3, -0.25) is 19.1 Å². The van der Waals surface area contributed by atoms with Crippen molar-refractivity contribution in [2.75, 3.05) is 26.5 Å². The molecule has 2 saturated carbocycles. The predicted molar refractivity (Wildman–Crippen MR) is 152 cm³/mol. The lowest BCUT2D eigenvalue weighted by Crippen LogP contribution is -2.66. The number of Topliss-reactive ketones (excluding diaryl/α,β-unsaturated/α-hetero) is 1. The lowest BCUT2D eigenvalue weighted by atomic mass is 9.54. The van der Waals surface area contributed by atoms with Gasteiger partial charge in [-0.1, -0.05) is 36.4 Å². The van der Waals surface area contributed by atoms with Crippen LogP contribution in [0.4, 0.5) is 0 Å². The minimum absolute atomic E-state index is 0.0327. The monoisotopic (exact) mass is 596 g/mol. The maximum absolute atomic E-state index is 14.1. The standard InChI is InChI=1S/C31H37N2O8P/c1-19(29(35)39-16-21-6-4-3-5-7-21)32-42(37,18-38-2)41-24-11-10-22-14-25-31(36)13-12-23(34)28-30(31,26(22)27(24)40-28)17-33(25)15-20-8-9-20/h3-7,10-11,19-20,25,28,36H,8-9,12-18H2,1-2H3,(H,32,37)/t19-,25+,28-,30?,31?,42?/m0/s1. The zero-order chi connectivity index (χ0) is 29.3. The molecule has 2 bridgehead atoms. The van der Waals surface area contributed by atoms with E-state index >= 15 is 0 Å². The Bertz CT molecular complexity index is 1460. The molecule has 224 valence electrons. The summed E-state index contributed by atoms with van der Waals surface area (Å²) >= 11 is 0. The van der Waals surface area contributed by atoms with E-state index in [4.69, 9.17) is 18.7 Å². The zero-order valence-electron chi connectivity index (χ0n) is 23.9. The van der Waals surface area contributed by atoms with Crippen molar-refractivity contribution in [1.29, 1.82) is 0 Å². The van der Waals surface area contributed by atoms with Crippen LogP contribution in [0.1, 0.15) is 49.3 Å². The first-order valence-corrected chi connectivity index (χ1v) is 16.6. The summed E-state index contributed by atoms with van der Waals surface area (Å²) in [5.41, 5.74) is 0.674. The molecule has 7 rings (SSSR count). The molecular weight excluding hydrogens is 559 g/mol. The summed E-state index contributed by atoms with van der Waals surface area (Å²) in [4.78, 5) is 28.5. The number of ketones is 1. The highest BCUT2D eigenvalue weighted by atomic mass is 31.2. The Labute approximate surface area is 245 Å². The first-order valence-electron chi connectivity index (χ1n) is 14.8. The van der Waals surface area contributed by atoms with Crippen LogP contribution in [-0.4, -0.2) is 72.1 Å². The fourth-order valence-electron chi connectivity index (χ4n) is 7.70. The summed E-state index contributed by atoms with van der Waals surface area (Å²) in [6, 6.07) is 11.9. The van der Waals surface area contributed by atoms with E-state index in [2.05, 4.69) is 9.99 Å². The first kappa shape index (κ1) is 28.0. The molecule has 0 radical (unpaired) electrons. The first-order chi connectivity index (χ1) is 20.2. The number of ether oxygens (including phenoxy) is 3. The van der Waals surface area contributed by atoms with Crippen molar-refractivity contribution in [3.05, 3.63) is 59.2 Å². The van der Waals surface area contributed by atoms with Crippen molar-refractivity contribution in [2.24, 2.45) is 5.92 Å². The number of hydrogen-bond donors (Lipinski definition) is 2. The van der Waals surface area contributed by atoms with Gasteiger partial charge in [-0.2, -0.15) is 0 Å². The van der Waals surface area contributed by atoms with Crippen molar-refractivity contribution < 1.29 is 38.0 Å². The third-order valence-corrected chi connectivity index (χ3v) is 11.6. The smallest absolute Gasteiger partial charge is 0.342 e. The molecule has 2 heterocycles. The third kappa shape index (κ3) is 4.34. The van der Waals surface area contributed by atoms with E-state index in [-0.39, 0.29) is 37.0 Å². The van der Waals surface area contributed by atoms with Gasteiger partial charge in [-0.15, -0.1) is 0 Å². The summed E-state index contributed by atoms with van der Waals surface area (Å²) in [6.45, 7) is 3.10. The Kier molecular flexibility index (Phi) is 6.79. The van der Waals surface area contributed by atoms with Gasteiger partial charge in [0.25, 0.3) is 0 Å². The molecule has 1 spiro atoms. The van der Waals surface area contributed by atoms with Gasteiger partial charge in [0.15, 0.2) is 23.4 Å². The number of benzene rings is 2. The Morgan fingerprint density at radius 2 is 2.02 bits per heavy atom. The predicted octanol–water partition coefficient (Wildman–Crippen LogP) is 3.33. The molecule has 10 nitrogen and oxygen atoms in total. The second kappa shape index (κ2) is 10.2. The number of rotatable bonds is 11. The van der Waals surface area contributed by atoms with Gasteiger partial charge in [0.05, 0.1) is 11.0 Å².